The van der Waals surface area contributed by atoms with Crippen LogP contribution in [0.4, 0.5) is 5.69 Å². The molecule has 0 atom stereocenters. The zero-order valence-corrected chi connectivity index (χ0v) is 9.36. The van der Waals surface area contributed by atoms with Crippen molar-refractivity contribution in [2.45, 2.75) is 38.8 Å². The van der Waals surface area contributed by atoms with Gasteiger partial charge in [0.15, 0.2) is 0 Å². The Balaban J connectivity index is 1.82. The van der Waals surface area contributed by atoms with E-state index in [1.54, 1.807) is 0 Å². The molecule has 1 N–H and O–H groups in total. The zero-order valence-electron chi connectivity index (χ0n) is 9.36. The van der Waals surface area contributed by atoms with Crippen LogP contribution in [0.2, 0.25) is 0 Å². The third-order valence-corrected chi connectivity index (χ3v) is 2.88. The minimum absolute atomic E-state index is 0.467. The lowest BCUT2D eigenvalue weighted by atomic mass is 9.89. The summed E-state index contributed by atoms with van der Waals surface area (Å²) >= 11 is 0. The lowest BCUT2D eigenvalue weighted by molar-refractivity contribution is 0.00298. The first-order chi connectivity index (χ1) is 7.29. The van der Waals surface area contributed by atoms with Gasteiger partial charge in [-0.3, -0.25) is 4.98 Å². The number of nitrogens with one attached hydrogen (secondary N) is 1. The van der Waals surface area contributed by atoms with Gasteiger partial charge in [-0.15, -0.1) is 0 Å². The molecule has 0 aromatic carbocycles. The molecule has 0 bridgehead atoms. The van der Waals surface area contributed by atoms with Crippen molar-refractivity contribution < 1.29 is 4.74 Å². The summed E-state index contributed by atoms with van der Waals surface area (Å²) in [6, 6.07) is 2.60. The fraction of sp³-hybridized carbons (Fsp3) is 0.583. The Morgan fingerprint density at radius 1 is 1.53 bits per heavy atom. The summed E-state index contributed by atoms with van der Waals surface area (Å²) in [6.07, 6.45) is 6.43. The van der Waals surface area contributed by atoms with E-state index in [0.717, 1.165) is 19.4 Å². The van der Waals surface area contributed by atoms with Gasteiger partial charge < -0.3 is 10.1 Å². The van der Waals surface area contributed by atoms with E-state index >= 15 is 0 Å². The molecule has 3 nitrogen and oxygen atoms in total. The monoisotopic (exact) mass is 206 g/mol. The molecule has 1 aliphatic rings. The lowest BCUT2D eigenvalue weighted by Crippen LogP contribution is -2.40. The second kappa shape index (κ2) is 4.62. The van der Waals surface area contributed by atoms with Crippen molar-refractivity contribution in [3.8, 4) is 0 Å². The van der Waals surface area contributed by atoms with Crippen LogP contribution < -0.4 is 5.32 Å². The Morgan fingerprint density at radius 3 is 3.00 bits per heavy atom. The quantitative estimate of drug-likeness (QED) is 0.821. The van der Waals surface area contributed by atoms with Crippen LogP contribution in [-0.4, -0.2) is 23.7 Å². The van der Waals surface area contributed by atoms with Crippen LogP contribution in [-0.2, 0) is 4.74 Å². The van der Waals surface area contributed by atoms with Crippen LogP contribution in [0.15, 0.2) is 18.5 Å². The minimum Gasteiger partial charge on any atom is -0.382 e. The van der Waals surface area contributed by atoms with Crippen LogP contribution in [0.5, 0.6) is 0 Å². The second-order valence-corrected chi connectivity index (χ2v) is 4.08. The molecular weight excluding hydrogens is 188 g/mol. The molecule has 3 heteroatoms. The number of ether oxygens (including phenoxy) is 1. The van der Waals surface area contributed by atoms with Crippen LogP contribution in [0.3, 0.4) is 0 Å². The summed E-state index contributed by atoms with van der Waals surface area (Å²) in [6.45, 7) is 4.95. The molecule has 1 aromatic rings. The highest BCUT2D eigenvalue weighted by Crippen LogP contribution is 2.27. The van der Waals surface area contributed by atoms with E-state index in [1.807, 2.05) is 25.4 Å². The summed E-state index contributed by atoms with van der Waals surface area (Å²) in [7, 11) is 0. The Morgan fingerprint density at radius 2 is 2.33 bits per heavy atom. The average molecular weight is 206 g/mol. The van der Waals surface area contributed by atoms with Gasteiger partial charge in [0.1, 0.15) is 0 Å². The number of aromatic nitrogens is 1. The van der Waals surface area contributed by atoms with Gasteiger partial charge in [0, 0.05) is 30.7 Å². The first kappa shape index (κ1) is 10.4. The second-order valence-electron chi connectivity index (χ2n) is 4.08. The molecule has 0 radical (unpaired) electrons. The largest absolute Gasteiger partial charge is 0.382 e. The van der Waals surface area contributed by atoms with Gasteiger partial charge in [0.2, 0.25) is 0 Å². The van der Waals surface area contributed by atoms with Crippen molar-refractivity contribution in [1.29, 1.82) is 0 Å². The van der Waals surface area contributed by atoms with Crippen molar-refractivity contribution >= 4 is 5.69 Å². The number of hydrogen-bond acceptors (Lipinski definition) is 3. The van der Waals surface area contributed by atoms with Gasteiger partial charge in [-0.05, 0) is 38.3 Å². The SMILES string of the molecule is CCOC1CC(Nc2ccncc2C)C1. The molecule has 1 aliphatic carbocycles. The fourth-order valence-corrected chi connectivity index (χ4v) is 1.91. The van der Waals surface area contributed by atoms with E-state index in [0.29, 0.717) is 12.1 Å². The molecule has 0 unspecified atom stereocenters. The number of aryl methyl sites for hydroxylation is 1. The predicted molar refractivity (Wildman–Crippen MR) is 61.0 cm³/mol. The molecule has 0 spiro atoms. The normalized spacial score (nSPS) is 24.7. The van der Waals surface area contributed by atoms with Crippen molar-refractivity contribution in [3.63, 3.8) is 0 Å². The molecule has 0 amide bonds. The third kappa shape index (κ3) is 2.48. The molecule has 1 saturated carbocycles. The Labute approximate surface area is 90.9 Å². The third-order valence-electron chi connectivity index (χ3n) is 2.88. The molecule has 1 fully saturated rings. The molecule has 0 saturated heterocycles. The van der Waals surface area contributed by atoms with E-state index < -0.39 is 0 Å². The van der Waals surface area contributed by atoms with Crippen LogP contribution in [0.25, 0.3) is 0 Å². The topological polar surface area (TPSA) is 34.1 Å². The number of nitrogens with zero attached hydrogens (tertiary/aromatic N) is 1. The number of anilines is 1. The van der Waals surface area contributed by atoms with Gasteiger partial charge in [-0.2, -0.15) is 0 Å². The van der Waals surface area contributed by atoms with E-state index in [-0.39, 0.29) is 0 Å². The average Bonchev–Trinajstić information content (AvgIpc) is 2.18. The van der Waals surface area contributed by atoms with Crippen LogP contribution >= 0.6 is 0 Å². The first-order valence-electron chi connectivity index (χ1n) is 5.58. The minimum atomic E-state index is 0.467. The molecule has 2 rings (SSSR count). The fourth-order valence-electron chi connectivity index (χ4n) is 1.91. The highest BCUT2D eigenvalue weighted by Gasteiger charge is 2.29. The lowest BCUT2D eigenvalue weighted by Gasteiger charge is -2.36. The van der Waals surface area contributed by atoms with Crippen molar-refractivity contribution in [1.82, 2.24) is 4.98 Å². The molecule has 82 valence electrons. The van der Waals surface area contributed by atoms with Crippen molar-refractivity contribution in [3.05, 3.63) is 24.0 Å². The van der Waals surface area contributed by atoms with Crippen LogP contribution in [0.1, 0.15) is 25.3 Å². The summed E-state index contributed by atoms with van der Waals surface area (Å²) in [5, 5.41) is 3.52. The Hall–Kier alpha value is -1.09. The smallest absolute Gasteiger partial charge is 0.0614 e. The maximum atomic E-state index is 5.52. The predicted octanol–water partition coefficient (Wildman–Crippen LogP) is 2.37. The van der Waals surface area contributed by atoms with E-state index in [1.165, 1.54) is 11.3 Å². The Bertz CT molecular complexity index is 321. The summed E-state index contributed by atoms with van der Waals surface area (Å²) in [5.74, 6) is 0. The Kier molecular flexibility index (Phi) is 3.21. The number of hydrogen-bond donors (Lipinski definition) is 1. The van der Waals surface area contributed by atoms with Crippen molar-refractivity contribution in [2.24, 2.45) is 0 Å². The maximum Gasteiger partial charge on any atom is 0.0614 e. The summed E-state index contributed by atoms with van der Waals surface area (Å²) < 4.78 is 5.52. The van der Waals surface area contributed by atoms with E-state index in [9.17, 15) is 0 Å². The molecule has 15 heavy (non-hydrogen) atoms. The maximum absolute atomic E-state index is 5.52. The molecule has 1 aromatic heterocycles. The van der Waals surface area contributed by atoms with Crippen molar-refractivity contribution in [2.75, 3.05) is 11.9 Å². The molecular formula is C12H18N2O. The zero-order chi connectivity index (χ0) is 10.7. The standard InChI is InChI=1S/C12H18N2O/c1-3-15-11-6-10(7-11)14-12-4-5-13-8-9(12)2/h4-5,8,10-11H,3,6-7H2,1-2H3,(H,13,14). The van der Waals surface area contributed by atoms with E-state index in [4.69, 9.17) is 4.74 Å². The molecule has 1 heterocycles. The summed E-state index contributed by atoms with van der Waals surface area (Å²) in [5.41, 5.74) is 2.40. The van der Waals surface area contributed by atoms with E-state index in [2.05, 4.69) is 17.2 Å². The highest BCUT2D eigenvalue weighted by atomic mass is 16.5. The van der Waals surface area contributed by atoms with Gasteiger partial charge in [-0.1, -0.05) is 0 Å². The van der Waals surface area contributed by atoms with Gasteiger partial charge >= 0.3 is 0 Å². The van der Waals surface area contributed by atoms with Gasteiger partial charge in [-0.25, -0.2) is 0 Å². The van der Waals surface area contributed by atoms with Gasteiger partial charge in [0.25, 0.3) is 0 Å². The number of rotatable bonds is 4. The van der Waals surface area contributed by atoms with Crippen LogP contribution in [0, 0.1) is 6.92 Å². The molecule has 0 aliphatic heterocycles. The van der Waals surface area contributed by atoms with Gasteiger partial charge in [0.05, 0.1) is 6.10 Å². The number of pyridine rings is 1. The highest BCUT2D eigenvalue weighted by molar-refractivity contribution is 5.49. The summed E-state index contributed by atoms with van der Waals surface area (Å²) in [4.78, 5) is 4.08. The first-order valence-corrected chi connectivity index (χ1v) is 5.58.